The number of carbonyl (C=O) groups excluding carboxylic acids is 1. The Morgan fingerprint density at radius 3 is 2.29 bits per heavy atom. The Kier molecular flexibility index (Phi) is 3.79. The molecule has 0 saturated carbocycles. The van der Waals surface area contributed by atoms with Gasteiger partial charge in [-0.25, -0.2) is 8.78 Å². The lowest BCUT2D eigenvalue weighted by Gasteiger charge is -2.07. The standard InChI is InChI=1S/C13H8F2N2O4/c14-10-5-9(12(18)6-11(10)15)13(19)16-7-1-3-8(4-2-7)17(20)21/h1-6,18H,(H,16,19). The van der Waals surface area contributed by atoms with Crippen molar-refractivity contribution in [2.45, 2.75) is 0 Å². The molecule has 1 amide bonds. The van der Waals surface area contributed by atoms with Crippen LogP contribution >= 0.6 is 0 Å². The van der Waals surface area contributed by atoms with Crippen LogP contribution in [-0.2, 0) is 0 Å². The number of amides is 1. The maximum atomic E-state index is 13.1. The summed E-state index contributed by atoms with van der Waals surface area (Å²) in [7, 11) is 0. The highest BCUT2D eigenvalue weighted by atomic mass is 19.2. The van der Waals surface area contributed by atoms with Crippen molar-refractivity contribution in [3.8, 4) is 5.75 Å². The van der Waals surface area contributed by atoms with Crippen molar-refractivity contribution >= 4 is 17.3 Å². The van der Waals surface area contributed by atoms with Crippen LogP contribution < -0.4 is 5.32 Å². The van der Waals surface area contributed by atoms with Crippen molar-refractivity contribution in [2.75, 3.05) is 5.32 Å². The van der Waals surface area contributed by atoms with E-state index < -0.39 is 33.8 Å². The first-order valence-electron chi connectivity index (χ1n) is 5.62. The Hall–Kier alpha value is -3.03. The number of nitrogens with zero attached hydrogens (tertiary/aromatic N) is 1. The maximum absolute atomic E-state index is 13.1. The predicted octanol–water partition coefficient (Wildman–Crippen LogP) is 2.83. The van der Waals surface area contributed by atoms with Gasteiger partial charge in [0.2, 0.25) is 0 Å². The highest BCUT2D eigenvalue weighted by Crippen LogP contribution is 2.23. The number of nitro benzene ring substituents is 1. The monoisotopic (exact) mass is 294 g/mol. The zero-order valence-corrected chi connectivity index (χ0v) is 10.3. The number of halogens is 2. The Bertz CT molecular complexity index is 717. The van der Waals surface area contributed by atoms with E-state index in [9.17, 15) is 28.8 Å². The molecule has 0 aliphatic heterocycles. The SMILES string of the molecule is O=C(Nc1ccc([N+](=O)[O-])cc1)c1cc(F)c(F)cc1O. The number of non-ortho nitro benzene ring substituents is 1. The summed E-state index contributed by atoms with van der Waals surface area (Å²) < 4.78 is 25.9. The van der Waals surface area contributed by atoms with Gasteiger partial charge in [0.1, 0.15) is 5.75 Å². The molecule has 21 heavy (non-hydrogen) atoms. The number of phenolic OH excluding ortho intramolecular Hbond substituents is 1. The number of anilines is 1. The maximum Gasteiger partial charge on any atom is 0.269 e. The van der Waals surface area contributed by atoms with Crippen molar-refractivity contribution in [1.29, 1.82) is 0 Å². The van der Waals surface area contributed by atoms with Crippen LogP contribution in [-0.4, -0.2) is 15.9 Å². The van der Waals surface area contributed by atoms with E-state index in [1.165, 1.54) is 24.3 Å². The molecule has 2 aromatic rings. The third-order valence-corrected chi connectivity index (χ3v) is 2.62. The fourth-order valence-electron chi connectivity index (χ4n) is 1.58. The largest absolute Gasteiger partial charge is 0.507 e. The van der Waals surface area contributed by atoms with Crippen LogP contribution in [0, 0.1) is 21.7 Å². The zero-order chi connectivity index (χ0) is 15.6. The van der Waals surface area contributed by atoms with Crippen molar-refractivity contribution in [2.24, 2.45) is 0 Å². The lowest BCUT2D eigenvalue weighted by Crippen LogP contribution is -2.12. The summed E-state index contributed by atoms with van der Waals surface area (Å²) in [6.45, 7) is 0. The molecule has 0 heterocycles. The Labute approximate surface area is 116 Å². The van der Waals surface area contributed by atoms with E-state index >= 15 is 0 Å². The minimum Gasteiger partial charge on any atom is -0.507 e. The second-order valence-corrected chi connectivity index (χ2v) is 4.04. The number of aromatic hydroxyl groups is 1. The second kappa shape index (κ2) is 5.53. The first kappa shape index (κ1) is 14.4. The number of phenols is 1. The fourth-order valence-corrected chi connectivity index (χ4v) is 1.58. The van der Waals surface area contributed by atoms with Crippen molar-refractivity contribution in [1.82, 2.24) is 0 Å². The Morgan fingerprint density at radius 2 is 1.71 bits per heavy atom. The van der Waals surface area contributed by atoms with Crippen molar-refractivity contribution in [3.63, 3.8) is 0 Å². The van der Waals surface area contributed by atoms with Crippen molar-refractivity contribution in [3.05, 3.63) is 63.7 Å². The molecule has 0 aliphatic carbocycles. The molecule has 108 valence electrons. The first-order valence-corrected chi connectivity index (χ1v) is 5.62. The van der Waals surface area contributed by atoms with E-state index in [0.717, 1.165) is 0 Å². The summed E-state index contributed by atoms with van der Waals surface area (Å²) in [4.78, 5) is 21.7. The molecular formula is C13H8F2N2O4. The molecule has 0 unspecified atom stereocenters. The van der Waals surface area contributed by atoms with Gasteiger partial charge in [0.15, 0.2) is 11.6 Å². The number of hydrogen-bond donors (Lipinski definition) is 2. The van der Waals surface area contributed by atoms with E-state index in [0.29, 0.717) is 12.1 Å². The summed E-state index contributed by atoms with van der Waals surface area (Å²) in [5.41, 5.74) is -0.411. The highest BCUT2D eigenvalue weighted by molar-refractivity contribution is 6.06. The summed E-state index contributed by atoms with van der Waals surface area (Å²) in [6, 6.07) is 5.92. The molecule has 2 rings (SSSR count). The average molecular weight is 294 g/mol. The van der Waals surface area contributed by atoms with Crippen LogP contribution in [0.5, 0.6) is 5.75 Å². The minimum atomic E-state index is -1.28. The van der Waals surface area contributed by atoms with E-state index in [4.69, 9.17) is 0 Å². The van der Waals surface area contributed by atoms with E-state index in [2.05, 4.69) is 5.32 Å². The topological polar surface area (TPSA) is 92.5 Å². The van der Waals surface area contributed by atoms with Crippen LogP contribution in [0.4, 0.5) is 20.2 Å². The smallest absolute Gasteiger partial charge is 0.269 e. The molecule has 0 aliphatic rings. The van der Waals surface area contributed by atoms with Gasteiger partial charge in [-0.2, -0.15) is 0 Å². The van der Waals surface area contributed by atoms with Crippen LogP contribution in [0.15, 0.2) is 36.4 Å². The van der Waals surface area contributed by atoms with Gasteiger partial charge in [-0.3, -0.25) is 14.9 Å². The van der Waals surface area contributed by atoms with Crippen LogP contribution in [0.3, 0.4) is 0 Å². The predicted molar refractivity (Wildman–Crippen MR) is 69.1 cm³/mol. The number of nitro groups is 1. The van der Waals surface area contributed by atoms with Gasteiger partial charge >= 0.3 is 0 Å². The van der Waals surface area contributed by atoms with Gasteiger partial charge in [-0.05, 0) is 18.2 Å². The van der Waals surface area contributed by atoms with Gasteiger partial charge in [0.05, 0.1) is 10.5 Å². The summed E-state index contributed by atoms with van der Waals surface area (Å²) >= 11 is 0. The van der Waals surface area contributed by atoms with Crippen molar-refractivity contribution < 1.29 is 23.6 Å². The number of hydrogen-bond acceptors (Lipinski definition) is 4. The van der Waals surface area contributed by atoms with Gasteiger partial charge in [0, 0.05) is 23.9 Å². The lowest BCUT2D eigenvalue weighted by molar-refractivity contribution is -0.384. The summed E-state index contributed by atoms with van der Waals surface area (Å²) in [6.07, 6.45) is 0. The Morgan fingerprint density at radius 1 is 1.14 bits per heavy atom. The highest BCUT2D eigenvalue weighted by Gasteiger charge is 2.16. The quantitative estimate of drug-likeness (QED) is 0.672. The number of benzene rings is 2. The van der Waals surface area contributed by atoms with Crippen LogP contribution in [0.2, 0.25) is 0 Å². The molecule has 2 N–H and O–H groups in total. The third kappa shape index (κ3) is 3.11. The molecule has 2 aromatic carbocycles. The van der Waals surface area contributed by atoms with Crippen LogP contribution in [0.1, 0.15) is 10.4 Å². The van der Waals surface area contributed by atoms with Crippen LogP contribution in [0.25, 0.3) is 0 Å². The van der Waals surface area contributed by atoms with E-state index in [-0.39, 0.29) is 11.4 Å². The van der Waals surface area contributed by atoms with E-state index in [1.54, 1.807) is 0 Å². The normalized spacial score (nSPS) is 10.2. The molecule has 0 radical (unpaired) electrons. The number of rotatable bonds is 3. The Balaban J connectivity index is 2.22. The number of nitrogens with one attached hydrogen (secondary N) is 1. The molecule has 6 nitrogen and oxygen atoms in total. The molecule has 0 saturated heterocycles. The molecule has 8 heteroatoms. The molecule has 0 atom stereocenters. The average Bonchev–Trinajstić information content (AvgIpc) is 2.43. The van der Waals surface area contributed by atoms with Gasteiger partial charge < -0.3 is 10.4 Å². The molecule has 0 spiro atoms. The van der Waals surface area contributed by atoms with Gasteiger partial charge in [-0.15, -0.1) is 0 Å². The summed E-state index contributed by atoms with van der Waals surface area (Å²) in [5.74, 6) is -4.14. The molecule has 0 aromatic heterocycles. The zero-order valence-electron chi connectivity index (χ0n) is 10.3. The minimum absolute atomic E-state index is 0.163. The molecule has 0 fully saturated rings. The third-order valence-electron chi connectivity index (χ3n) is 2.62. The fraction of sp³-hybridized carbons (Fsp3) is 0. The summed E-state index contributed by atoms with van der Waals surface area (Å²) in [5, 5.41) is 22.2. The first-order chi connectivity index (χ1) is 9.88. The van der Waals surface area contributed by atoms with Gasteiger partial charge in [-0.1, -0.05) is 0 Å². The second-order valence-electron chi connectivity index (χ2n) is 4.04. The van der Waals surface area contributed by atoms with E-state index in [1.807, 2.05) is 0 Å². The lowest BCUT2D eigenvalue weighted by atomic mass is 10.1. The number of carbonyl (C=O) groups is 1. The molecular weight excluding hydrogens is 286 g/mol. The molecule has 0 bridgehead atoms. The van der Waals surface area contributed by atoms with Gasteiger partial charge in [0.25, 0.3) is 11.6 Å².